The zero-order chi connectivity index (χ0) is 15.9. The largest absolute Gasteiger partial charge is 0.496 e. The molecule has 118 valence electrons. The molecule has 0 aromatic heterocycles. The van der Waals surface area contributed by atoms with Gasteiger partial charge in [-0.2, -0.15) is 17.9 Å². The summed E-state index contributed by atoms with van der Waals surface area (Å²) in [7, 11) is -3.00. The summed E-state index contributed by atoms with van der Waals surface area (Å²) < 4.78 is 69.2. The van der Waals surface area contributed by atoms with Gasteiger partial charge in [-0.1, -0.05) is 0 Å². The van der Waals surface area contributed by atoms with E-state index in [4.69, 9.17) is 9.84 Å². The van der Waals surface area contributed by atoms with Crippen LogP contribution in [0, 0.1) is 0 Å². The Bertz CT molecular complexity index is 638. The van der Waals surface area contributed by atoms with Crippen LogP contribution in [0.4, 0.5) is 13.2 Å². The van der Waals surface area contributed by atoms with Crippen LogP contribution < -0.4 is 9.46 Å². The first-order chi connectivity index (χ1) is 9.65. The van der Waals surface area contributed by atoms with Crippen molar-refractivity contribution in [3.05, 3.63) is 23.8 Å². The number of sulfonamides is 1. The summed E-state index contributed by atoms with van der Waals surface area (Å²) in [6, 6.07) is 3.51. The van der Waals surface area contributed by atoms with Crippen molar-refractivity contribution < 1.29 is 31.4 Å². The van der Waals surface area contributed by atoms with Crippen molar-refractivity contribution in [3.63, 3.8) is 0 Å². The van der Waals surface area contributed by atoms with Gasteiger partial charge in [0.25, 0.3) is 0 Å². The summed E-state index contributed by atoms with van der Waals surface area (Å²) in [5.41, 5.74) is -2.19. The lowest BCUT2D eigenvalue weighted by molar-refractivity contribution is -0.160. The van der Waals surface area contributed by atoms with Crippen molar-refractivity contribution >= 4 is 10.0 Å². The molecule has 0 unspecified atom stereocenters. The minimum absolute atomic E-state index is 0.178. The number of rotatable bonds is 5. The number of hydrogen-bond donors (Lipinski definition) is 2. The van der Waals surface area contributed by atoms with Crippen molar-refractivity contribution in [3.8, 4) is 5.75 Å². The molecule has 0 spiro atoms. The molecule has 1 aliphatic rings. The zero-order valence-corrected chi connectivity index (χ0v) is 11.9. The van der Waals surface area contributed by atoms with E-state index in [1.165, 1.54) is 13.2 Å². The Morgan fingerprint density at radius 3 is 2.43 bits per heavy atom. The van der Waals surface area contributed by atoms with Crippen molar-refractivity contribution in [2.75, 3.05) is 7.11 Å². The molecule has 1 aromatic rings. The Hall–Kier alpha value is -1.32. The molecule has 5 nitrogen and oxygen atoms in total. The average molecular weight is 325 g/mol. The smallest absolute Gasteiger partial charge is 0.407 e. The van der Waals surface area contributed by atoms with Crippen LogP contribution in [0.2, 0.25) is 0 Å². The SMILES string of the molecule is COc1ccc(S(=O)(=O)NC2(C(F)(F)F)CC2)cc1CO. The fourth-order valence-corrected chi connectivity index (χ4v) is 3.43. The number of benzene rings is 1. The summed E-state index contributed by atoms with van der Waals surface area (Å²) in [6.45, 7) is -0.489. The minimum Gasteiger partial charge on any atom is -0.496 e. The van der Waals surface area contributed by atoms with Gasteiger partial charge in [-0.3, -0.25) is 0 Å². The molecule has 1 saturated carbocycles. The summed E-state index contributed by atoms with van der Waals surface area (Å²) >= 11 is 0. The van der Waals surface area contributed by atoms with Crippen LogP contribution in [-0.4, -0.2) is 32.3 Å². The van der Waals surface area contributed by atoms with Gasteiger partial charge in [0, 0.05) is 5.56 Å². The highest BCUT2D eigenvalue weighted by molar-refractivity contribution is 7.89. The van der Waals surface area contributed by atoms with Gasteiger partial charge in [-0.05, 0) is 31.0 Å². The van der Waals surface area contributed by atoms with Crippen LogP contribution in [0.1, 0.15) is 18.4 Å². The lowest BCUT2D eigenvalue weighted by atomic mass is 10.2. The number of aliphatic hydroxyl groups excluding tert-OH is 1. The molecule has 1 aliphatic carbocycles. The van der Waals surface area contributed by atoms with E-state index in [0.29, 0.717) is 0 Å². The number of ether oxygens (including phenoxy) is 1. The van der Waals surface area contributed by atoms with E-state index in [2.05, 4.69) is 0 Å². The topological polar surface area (TPSA) is 75.6 Å². The van der Waals surface area contributed by atoms with E-state index in [9.17, 15) is 21.6 Å². The summed E-state index contributed by atoms with van der Waals surface area (Å²) in [4.78, 5) is -0.345. The van der Waals surface area contributed by atoms with Gasteiger partial charge >= 0.3 is 6.18 Å². The Morgan fingerprint density at radius 1 is 1.38 bits per heavy atom. The van der Waals surface area contributed by atoms with Gasteiger partial charge in [0.2, 0.25) is 10.0 Å². The van der Waals surface area contributed by atoms with Crippen LogP contribution in [0.5, 0.6) is 5.75 Å². The lowest BCUT2D eigenvalue weighted by Crippen LogP contribution is -2.47. The van der Waals surface area contributed by atoms with Crippen LogP contribution in [0.3, 0.4) is 0 Å². The first kappa shape index (κ1) is 16.1. The monoisotopic (exact) mass is 325 g/mol. The van der Waals surface area contributed by atoms with Gasteiger partial charge in [0.1, 0.15) is 11.3 Å². The van der Waals surface area contributed by atoms with Crippen LogP contribution in [0.25, 0.3) is 0 Å². The molecule has 1 fully saturated rings. The number of hydrogen-bond acceptors (Lipinski definition) is 4. The lowest BCUT2D eigenvalue weighted by Gasteiger charge is -2.21. The van der Waals surface area contributed by atoms with Crippen LogP contribution >= 0.6 is 0 Å². The van der Waals surface area contributed by atoms with Crippen LogP contribution in [0.15, 0.2) is 23.1 Å². The molecule has 0 bridgehead atoms. The van der Waals surface area contributed by atoms with Crippen LogP contribution in [-0.2, 0) is 16.6 Å². The molecule has 0 aliphatic heterocycles. The third kappa shape index (κ3) is 2.99. The fraction of sp³-hybridized carbons (Fsp3) is 0.500. The molecule has 0 atom stereocenters. The number of nitrogens with one attached hydrogen (secondary N) is 1. The average Bonchev–Trinajstić information content (AvgIpc) is 3.17. The molecule has 2 rings (SSSR count). The first-order valence-corrected chi connectivity index (χ1v) is 7.52. The fourth-order valence-electron chi connectivity index (χ4n) is 1.93. The molecule has 21 heavy (non-hydrogen) atoms. The Balaban J connectivity index is 2.33. The molecule has 0 saturated heterocycles. The standard InChI is InChI=1S/C12H14F3NO4S/c1-20-10-3-2-9(6-8(10)7-17)21(18,19)16-11(4-5-11)12(13,14)15/h2-3,6,16-17H,4-5,7H2,1H3. The predicted octanol–water partition coefficient (Wildman–Crippen LogP) is 1.56. The second-order valence-corrected chi connectivity index (χ2v) is 6.50. The molecular weight excluding hydrogens is 311 g/mol. The maximum Gasteiger partial charge on any atom is 0.407 e. The molecule has 0 radical (unpaired) electrons. The van der Waals surface area contributed by atoms with E-state index in [1.54, 1.807) is 4.72 Å². The molecule has 1 aromatic carbocycles. The van der Waals surface area contributed by atoms with Crippen molar-refractivity contribution in [1.82, 2.24) is 4.72 Å². The van der Waals surface area contributed by atoms with Gasteiger partial charge < -0.3 is 9.84 Å². The highest BCUT2D eigenvalue weighted by Gasteiger charge is 2.65. The van der Waals surface area contributed by atoms with Gasteiger partial charge in [0.05, 0.1) is 18.6 Å². The zero-order valence-electron chi connectivity index (χ0n) is 11.1. The Morgan fingerprint density at radius 2 is 2.00 bits per heavy atom. The molecule has 0 heterocycles. The van der Waals surface area contributed by atoms with E-state index >= 15 is 0 Å². The third-order valence-corrected chi connectivity index (χ3v) is 4.89. The highest BCUT2D eigenvalue weighted by Crippen LogP contribution is 2.49. The van der Waals surface area contributed by atoms with Gasteiger partial charge in [-0.15, -0.1) is 0 Å². The summed E-state index contributed by atoms with van der Waals surface area (Å²) in [6.07, 6.45) is -5.19. The quantitative estimate of drug-likeness (QED) is 0.861. The van der Waals surface area contributed by atoms with E-state index in [0.717, 1.165) is 12.1 Å². The molecular formula is C12H14F3NO4S. The van der Waals surface area contributed by atoms with Crippen molar-refractivity contribution in [2.45, 2.75) is 36.1 Å². The molecule has 9 heteroatoms. The molecule has 0 amide bonds. The Kier molecular flexibility index (Phi) is 3.94. The number of aliphatic hydroxyl groups is 1. The molecule has 2 N–H and O–H groups in total. The minimum atomic E-state index is -4.63. The normalized spacial score (nSPS) is 17.6. The third-order valence-electron chi connectivity index (χ3n) is 3.35. The summed E-state index contributed by atoms with van der Waals surface area (Å²) in [5.74, 6) is 0.258. The maximum absolute atomic E-state index is 12.8. The van der Waals surface area contributed by atoms with Gasteiger partial charge in [-0.25, -0.2) is 8.42 Å². The summed E-state index contributed by atoms with van der Waals surface area (Å²) in [5, 5.41) is 9.14. The van der Waals surface area contributed by atoms with Crippen molar-refractivity contribution in [1.29, 1.82) is 0 Å². The Labute approximate surface area is 119 Å². The second-order valence-electron chi connectivity index (χ2n) is 4.82. The van der Waals surface area contributed by atoms with E-state index in [-0.39, 0.29) is 29.1 Å². The number of halogens is 3. The number of methoxy groups -OCH3 is 1. The maximum atomic E-state index is 12.8. The van der Waals surface area contributed by atoms with Crippen molar-refractivity contribution in [2.24, 2.45) is 0 Å². The first-order valence-electron chi connectivity index (χ1n) is 6.04. The number of alkyl halides is 3. The predicted molar refractivity (Wildman–Crippen MR) is 67.3 cm³/mol. The highest BCUT2D eigenvalue weighted by atomic mass is 32.2. The van der Waals surface area contributed by atoms with Gasteiger partial charge in [0.15, 0.2) is 0 Å². The second kappa shape index (κ2) is 5.15. The van der Waals surface area contributed by atoms with E-state index in [1.807, 2.05) is 0 Å². The van der Waals surface area contributed by atoms with E-state index < -0.39 is 28.3 Å².